The first kappa shape index (κ1) is 15.6. The van der Waals surface area contributed by atoms with Gasteiger partial charge in [-0.1, -0.05) is 60.7 Å². The number of aromatic amines is 1. The SMILES string of the molecule is NC(=O)C(NC(=O)c1ccc(-c2ccccc2)[nH]1)c1ccccc1. The maximum Gasteiger partial charge on any atom is 0.268 e. The Morgan fingerprint density at radius 1 is 0.875 bits per heavy atom. The zero-order chi connectivity index (χ0) is 16.9. The summed E-state index contributed by atoms with van der Waals surface area (Å²) in [5.41, 5.74) is 8.25. The van der Waals surface area contributed by atoms with Crippen LogP contribution in [0.15, 0.2) is 72.8 Å². The van der Waals surface area contributed by atoms with Gasteiger partial charge in [0.1, 0.15) is 11.7 Å². The van der Waals surface area contributed by atoms with Crippen molar-refractivity contribution in [1.82, 2.24) is 10.3 Å². The van der Waals surface area contributed by atoms with Gasteiger partial charge in [0, 0.05) is 5.69 Å². The smallest absolute Gasteiger partial charge is 0.268 e. The fraction of sp³-hybridized carbons (Fsp3) is 0.0526. The molecule has 1 atom stereocenters. The molecular weight excluding hydrogens is 302 g/mol. The van der Waals surface area contributed by atoms with Crippen molar-refractivity contribution >= 4 is 11.8 Å². The molecule has 0 aliphatic carbocycles. The summed E-state index contributed by atoms with van der Waals surface area (Å²) in [5.74, 6) is -0.991. The van der Waals surface area contributed by atoms with Crippen LogP contribution in [0.25, 0.3) is 11.3 Å². The van der Waals surface area contributed by atoms with Crippen molar-refractivity contribution < 1.29 is 9.59 Å². The van der Waals surface area contributed by atoms with Crippen LogP contribution in [-0.4, -0.2) is 16.8 Å². The predicted molar refractivity (Wildman–Crippen MR) is 92.1 cm³/mol. The van der Waals surface area contributed by atoms with Gasteiger partial charge < -0.3 is 16.0 Å². The Morgan fingerprint density at radius 2 is 1.50 bits per heavy atom. The van der Waals surface area contributed by atoms with Gasteiger partial charge in [-0.3, -0.25) is 9.59 Å². The summed E-state index contributed by atoms with van der Waals surface area (Å²) in [7, 11) is 0. The van der Waals surface area contributed by atoms with E-state index in [9.17, 15) is 9.59 Å². The lowest BCUT2D eigenvalue weighted by Crippen LogP contribution is -2.37. The highest BCUT2D eigenvalue weighted by Crippen LogP contribution is 2.19. The highest BCUT2D eigenvalue weighted by Gasteiger charge is 2.21. The number of rotatable bonds is 5. The molecule has 0 saturated carbocycles. The Labute approximate surface area is 139 Å². The van der Waals surface area contributed by atoms with Crippen LogP contribution in [0.3, 0.4) is 0 Å². The van der Waals surface area contributed by atoms with Crippen molar-refractivity contribution in [3.63, 3.8) is 0 Å². The number of carbonyl (C=O) groups excluding carboxylic acids is 2. The first-order chi connectivity index (χ1) is 11.6. The molecule has 2 aromatic carbocycles. The predicted octanol–water partition coefficient (Wildman–Crippen LogP) is 2.64. The quantitative estimate of drug-likeness (QED) is 0.675. The third-order valence-electron chi connectivity index (χ3n) is 3.71. The van der Waals surface area contributed by atoms with Gasteiger partial charge in [0.15, 0.2) is 0 Å². The monoisotopic (exact) mass is 319 g/mol. The summed E-state index contributed by atoms with van der Waals surface area (Å²) in [6, 6.07) is 21.2. The molecule has 0 bridgehead atoms. The van der Waals surface area contributed by atoms with E-state index in [1.54, 1.807) is 30.3 Å². The van der Waals surface area contributed by atoms with Crippen LogP contribution in [0.4, 0.5) is 0 Å². The molecule has 0 spiro atoms. The van der Waals surface area contributed by atoms with E-state index < -0.39 is 11.9 Å². The second-order valence-corrected chi connectivity index (χ2v) is 5.37. The molecule has 2 amide bonds. The number of benzene rings is 2. The van der Waals surface area contributed by atoms with Crippen molar-refractivity contribution in [3.05, 3.63) is 84.1 Å². The lowest BCUT2D eigenvalue weighted by atomic mass is 10.1. The lowest BCUT2D eigenvalue weighted by Gasteiger charge is -2.15. The first-order valence-corrected chi connectivity index (χ1v) is 7.54. The van der Waals surface area contributed by atoms with Crippen LogP contribution in [-0.2, 0) is 4.79 Å². The summed E-state index contributed by atoms with van der Waals surface area (Å²) in [6.07, 6.45) is 0. The summed E-state index contributed by atoms with van der Waals surface area (Å²) < 4.78 is 0. The minimum atomic E-state index is -0.873. The Bertz CT molecular complexity index is 841. The third kappa shape index (κ3) is 3.35. The number of primary amides is 1. The maximum atomic E-state index is 12.4. The van der Waals surface area contributed by atoms with E-state index in [4.69, 9.17) is 5.73 Å². The molecule has 5 heteroatoms. The number of amides is 2. The van der Waals surface area contributed by atoms with Crippen molar-refractivity contribution in [2.24, 2.45) is 5.73 Å². The molecule has 0 radical (unpaired) electrons. The lowest BCUT2D eigenvalue weighted by molar-refractivity contribution is -0.120. The number of hydrogen-bond donors (Lipinski definition) is 3. The van der Waals surface area contributed by atoms with E-state index >= 15 is 0 Å². The molecule has 24 heavy (non-hydrogen) atoms. The molecule has 0 aliphatic rings. The van der Waals surface area contributed by atoms with E-state index in [1.165, 1.54) is 0 Å². The van der Waals surface area contributed by atoms with Gasteiger partial charge in [0.2, 0.25) is 5.91 Å². The molecule has 3 rings (SSSR count). The summed E-state index contributed by atoms with van der Waals surface area (Å²) in [5, 5.41) is 2.67. The third-order valence-corrected chi connectivity index (χ3v) is 3.71. The Hall–Kier alpha value is -3.34. The summed E-state index contributed by atoms with van der Waals surface area (Å²) in [6.45, 7) is 0. The van der Waals surface area contributed by atoms with Gasteiger partial charge in [-0.25, -0.2) is 0 Å². The van der Waals surface area contributed by atoms with Gasteiger partial charge in [-0.15, -0.1) is 0 Å². The number of H-pyrrole nitrogens is 1. The van der Waals surface area contributed by atoms with E-state index in [2.05, 4.69) is 10.3 Å². The van der Waals surface area contributed by atoms with Gasteiger partial charge in [0.25, 0.3) is 5.91 Å². The number of carbonyl (C=O) groups is 2. The highest BCUT2D eigenvalue weighted by molar-refractivity contribution is 5.97. The first-order valence-electron chi connectivity index (χ1n) is 7.54. The molecule has 0 saturated heterocycles. The molecule has 120 valence electrons. The minimum absolute atomic E-state index is 0.371. The zero-order valence-corrected chi connectivity index (χ0v) is 12.9. The van der Waals surface area contributed by atoms with Crippen LogP contribution in [0.2, 0.25) is 0 Å². The minimum Gasteiger partial charge on any atom is -0.368 e. The van der Waals surface area contributed by atoms with E-state index in [1.807, 2.05) is 42.5 Å². The highest BCUT2D eigenvalue weighted by atomic mass is 16.2. The fourth-order valence-electron chi connectivity index (χ4n) is 2.49. The molecule has 1 aromatic heterocycles. The van der Waals surface area contributed by atoms with Crippen LogP contribution >= 0.6 is 0 Å². The second kappa shape index (κ2) is 6.83. The Balaban J connectivity index is 1.79. The fourth-order valence-corrected chi connectivity index (χ4v) is 2.49. The van der Waals surface area contributed by atoms with Crippen molar-refractivity contribution in [2.45, 2.75) is 6.04 Å². The van der Waals surface area contributed by atoms with Crippen LogP contribution in [0, 0.1) is 0 Å². The van der Waals surface area contributed by atoms with E-state index in [0.29, 0.717) is 11.3 Å². The molecule has 1 heterocycles. The summed E-state index contributed by atoms with van der Waals surface area (Å²) in [4.78, 5) is 27.2. The van der Waals surface area contributed by atoms with Gasteiger partial charge in [0.05, 0.1) is 0 Å². The van der Waals surface area contributed by atoms with Crippen LogP contribution in [0.1, 0.15) is 22.1 Å². The normalized spacial score (nSPS) is 11.7. The average molecular weight is 319 g/mol. The van der Waals surface area contributed by atoms with Gasteiger partial charge in [-0.2, -0.15) is 0 Å². The number of aromatic nitrogens is 1. The average Bonchev–Trinajstić information content (AvgIpc) is 3.11. The standard InChI is InChI=1S/C19H17N3O2/c20-18(23)17(14-9-5-2-6-10-14)22-19(24)16-12-11-15(21-16)13-7-3-1-4-8-13/h1-12,17,21H,(H2,20,23)(H,22,24). The molecule has 5 nitrogen and oxygen atoms in total. The van der Waals surface area contributed by atoms with Gasteiger partial charge in [-0.05, 0) is 23.3 Å². The molecule has 3 aromatic rings. The molecule has 0 fully saturated rings. The molecule has 0 aliphatic heterocycles. The van der Waals surface area contributed by atoms with E-state index in [0.717, 1.165) is 11.3 Å². The Morgan fingerprint density at radius 3 is 2.12 bits per heavy atom. The summed E-state index contributed by atoms with van der Waals surface area (Å²) >= 11 is 0. The largest absolute Gasteiger partial charge is 0.368 e. The zero-order valence-electron chi connectivity index (χ0n) is 12.9. The van der Waals surface area contributed by atoms with Crippen molar-refractivity contribution in [3.8, 4) is 11.3 Å². The van der Waals surface area contributed by atoms with Gasteiger partial charge >= 0.3 is 0 Å². The Kier molecular flexibility index (Phi) is 4.43. The van der Waals surface area contributed by atoms with Crippen LogP contribution in [0.5, 0.6) is 0 Å². The molecular formula is C19H17N3O2. The topological polar surface area (TPSA) is 88.0 Å². The van der Waals surface area contributed by atoms with E-state index in [-0.39, 0.29) is 5.91 Å². The number of nitrogens with one attached hydrogen (secondary N) is 2. The number of nitrogens with two attached hydrogens (primary N) is 1. The molecule has 4 N–H and O–H groups in total. The van der Waals surface area contributed by atoms with Crippen molar-refractivity contribution in [2.75, 3.05) is 0 Å². The maximum absolute atomic E-state index is 12.4. The second-order valence-electron chi connectivity index (χ2n) is 5.37. The van der Waals surface area contributed by atoms with Crippen LogP contribution < -0.4 is 11.1 Å². The number of hydrogen-bond acceptors (Lipinski definition) is 2. The molecule has 1 unspecified atom stereocenters. The van der Waals surface area contributed by atoms with Crippen molar-refractivity contribution in [1.29, 1.82) is 0 Å².